The fraction of sp³-hybridized carbons (Fsp3) is 0.647. The van der Waals surface area contributed by atoms with E-state index in [9.17, 15) is 0 Å². The molecule has 2 atom stereocenters. The van der Waals surface area contributed by atoms with Crippen molar-refractivity contribution in [1.29, 1.82) is 0 Å². The van der Waals surface area contributed by atoms with E-state index in [1.165, 1.54) is 16.9 Å². The molecule has 0 aromatic rings. The Balaban J connectivity index is 0.000000151. The van der Waals surface area contributed by atoms with Crippen LogP contribution in [0.1, 0.15) is 40.0 Å². The summed E-state index contributed by atoms with van der Waals surface area (Å²) in [6, 6.07) is 6.32. The summed E-state index contributed by atoms with van der Waals surface area (Å²) in [5.41, 5.74) is 0. The van der Waals surface area contributed by atoms with E-state index in [1.54, 1.807) is 0 Å². The maximum atomic E-state index is 5.50. The first-order valence-corrected chi connectivity index (χ1v) is 7.72. The Labute approximate surface area is 121 Å². The van der Waals surface area contributed by atoms with Gasteiger partial charge in [-0.1, -0.05) is 32.4 Å². The largest absolute Gasteiger partial charge is 0.493 e. The monoisotopic (exact) mass is 278 g/mol. The standard InChI is InChI=1S/C10H12O.C7H14O2/c1-2-3-6-11-10-7-8-4-5-9(8)10;1-3-7-4-8-5-9-6(7)2/h4-5,7H,2-3,6H2,1H3;6-7H,3-5H2,1-2H3. The summed E-state index contributed by atoms with van der Waals surface area (Å²) >= 11 is 0. The molecule has 1 aliphatic heterocycles. The van der Waals surface area contributed by atoms with E-state index in [4.69, 9.17) is 14.2 Å². The molecular weight excluding hydrogens is 252 g/mol. The molecule has 2 unspecified atom stereocenters. The molecule has 3 rings (SSSR count). The second kappa shape index (κ2) is 7.65. The van der Waals surface area contributed by atoms with Gasteiger partial charge in [0.2, 0.25) is 0 Å². The van der Waals surface area contributed by atoms with Crippen LogP contribution in [0.5, 0.6) is 5.75 Å². The molecule has 1 fully saturated rings. The van der Waals surface area contributed by atoms with Crippen molar-refractivity contribution in [1.82, 2.24) is 0 Å². The summed E-state index contributed by atoms with van der Waals surface area (Å²) in [7, 11) is 0. The molecule has 3 heteroatoms. The molecule has 1 heterocycles. The lowest BCUT2D eigenvalue weighted by atomic mass is 10.0. The molecule has 2 aliphatic carbocycles. The van der Waals surface area contributed by atoms with Crippen LogP contribution >= 0.6 is 0 Å². The van der Waals surface area contributed by atoms with Crippen molar-refractivity contribution in [2.24, 2.45) is 5.92 Å². The Morgan fingerprint density at radius 1 is 1.30 bits per heavy atom. The SMILES string of the molecule is CCC1COCOC1C.CCCCOc1cc2ccc1=2. The van der Waals surface area contributed by atoms with Crippen LogP contribution in [0.4, 0.5) is 0 Å². The fourth-order valence-electron chi connectivity index (χ4n) is 2.28. The van der Waals surface area contributed by atoms with Crippen LogP contribution in [0, 0.1) is 16.4 Å². The summed E-state index contributed by atoms with van der Waals surface area (Å²) in [5, 5.41) is 2.68. The highest BCUT2D eigenvalue weighted by atomic mass is 16.7. The van der Waals surface area contributed by atoms with Crippen molar-refractivity contribution >= 4 is 0 Å². The molecule has 3 nitrogen and oxygen atoms in total. The lowest BCUT2D eigenvalue weighted by Gasteiger charge is -2.27. The minimum absolute atomic E-state index is 0.392. The summed E-state index contributed by atoms with van der Waals surface area (Å²) in [4.78, 5) is 0. The lowest BCUT2D eigenvalue weighted by molar-refractivity contribution is -0.163. The van der Waals surface area contributed by atoms with Crippen molar-refractivity contribution in [2.75, 3.05) is 20.0 Å². The zero-order chi connectivity index (χ0) is 14.4. The van der Waals surface area contributed by atoms with E-state index in [-0.39, 0.29) is 0 Å². The van der Waals surface area contributed by atoms with Gasteiger partial charge in [-0.25, -0.2) is 0 Å². The Morgan fingerprint density at radius 2 is 2.15 bits per heavy atom. The lowest BCUT2D eigenvalue weighted by Crippen LogP contribution is -2.31. The van der Waals surface area contributed by atoms with Crippen LogP contribution in [0.3, 0.4) is 0 Å². The maximum Gasteiger partial charge on any atom is 0.147 e. The molecule has 0 N–H and O–H groups in total. The number of rotatable bonds is 5. The number of hydrogen-bond donors (Lipinski definition) is 0. The van der Waals surface area contributed by atoms with Crippen molar-refractivity contribution in [3.05, 3.63) is 28.6 Å². The predicted molar refractivity (Wildman–Crippen MR) is 79.7 cm³/mol. The van der Waals surface area contributed by atoms with Gasteiger partial charge in [0.05, 0.1) is 19.3 Å². The zero-order valence-corrected chi connectivity index (χ0v) is 12.9. The van der Waals surface area contributed by atoms with Crippen LogP contribution in [-0.2, 0) is 9.47 Å². The van der Waals surface area contributed by atoms with Crippen molar-refractivity contribution in [3.8, 4) is 5.75 Å². The van der Waals surface area contributed by atoms with Crippen molar-refractivity contribution in [2.45, 2.75) is 46.1 Å². The van der Waals surface area contributed by atoms with Gasteiger partial charge in [-0.3, -0.25) is 0 Å². The molecule has 3 aliphatic rings. The van der Waals surface area contributed by atoms with E-state index in [1.807, 2.05) is 0 Å². The fourth-order valence-corrected chi connectivity index (χ4v) is 2.28. The number of benzene rings is 1. The van der Waals surface area contributed by atoms with Crippen LogP contribution in [0.25, 0.3) is 0 Å². The molecule has 0 aromatic heterocycles. The second-order valence-corrected chi connectivity index (χ2v) is 5.44. The average molecular weight is 278 g/mol. The smallest absolute Gasteiger partial charge is 0.147 e. The summed E-state index contributed by atoms with van der Waals surface area (Å²) in [6.45, 7) is 8.67. The van der Waals surface area contributed by atoms with Gasteiger partial charge in [-0.2, -0.15) is 0 Å². The highest BCUT2D eigenvalue weighted by Crippen LogP contribution is 2.23. The van der Waals surface area contributed by atoms with Crippen LogP contribution in [-0.4, -0.2) is 26.1 Å². The summed E-state index contributed by atoms with van der Waals surface area (Å²) in [5.74, 6) is 1.70. The molecular formula is C17H26O3. The van der Waals surface area contributed by atoms with Crippen molar-refractivity contribution < 1.29 is 14.2 Å². The van der Waals surface area contributed by atoms with Gasteiger partial charge < -0.3 is 14.2 Å². The highest BCUT2D eigenvalue weighted by Gasteiger charge is 2.19. The normalized spacial score (nSPS) is 22.8. The molecule has 112 valence electrons. The summed E-state index contributed by atoms with van der Waals surface area (Å²) < 4.78 is 15.9. The zero-order valence-electron chi connectivity index (χ0n) is 12.9. The Hall–Kier alpha value is -1.06. The molecule has 0 aromatic carbocycles. The minimum atomic E-state index is 0.392. The van der Waals surface area contributed by atoms with Crippen LogP contribution in [0.15, 0.2) is 18.2 Å². The minimum Gasteiger partial charge on any atom is -0.493 e. The van der Waals surface area contributed by atoms with E-state index < -0.39 is 0 Å². The second-order valence-electron chi connectivity index (χ2n) is 5.44. The first-order valence-electron chi connectivity index (χ1n) is 7.72. The highest BCUT2D eigenvalue weighted by molar-refractivity contribution is 5.38. The van der Waals surface area contributed by atoms with Crippen LogP contribution in [0.2, 0.25) is 0 Å². The summed E-state index contributed by atoms with van der Waals surface area (Å²) in [6.07, 6.45) is 3.91. The molecule has 20 heavy (non-hydrogen) atoms. The Morgan fingerprint density at radius 3 is 2.60 bits per heavy atom. The average Bonchev–Trinajstić information content (AvgIpc) is 2.45. The quantitative estimate of drug-likeness (QED) is 0.777. The van der Waals surface area contributed by atoms with E-state index in [2.05, 4.69) is 39.0 Å². The predicted octanol–water partition coefficient (Wildman–Crippen LogP) is 3.87. The topological polar surface area (TPSA) is 27.7 Å². The molecule has 1 saturated heterocycles. The number of ether oxygens (including phenoxy) is 3. The number of hydrogen-bond acceptors (Lipinski definition) is 3. The molecule has 0 radical (unpaired) electrons. The number of unbranched alkanes of at least 4 members (excludes halogenated alkanes) is 1. The Kier molecular flexibility index (Phi) is 5.86. The molecule has 0 spiro atoms. The van der Waals surface area contributed by atoms with Gasteiger partial charge in [0.25, 0.3) is 0 Å². The Bertz CT molecular complexity index is 497. The van der Waals surface area contributed by atoms with Gasteiger partial charge in [0, 0.05) is 11.1 Å². The third-order valence-electron chi connectivity index (χ3n) is 3.98. The van der Waals surface area contributed by atoms with E-state index >= 15 is 0 Å². The third-order valence-corrected chi connectivity index (χ3v) is 3.98. The first-order chi connectivity index (χ1) is 9.76. The third kappa shape index (κ3) is 3.74. The molecule has 0 saturated carbocycles. The van der Waals surface area contributed by atoms with E-state index in [0.29, 0.717) is 18.8 Å². The van der Waals surface area contributed by atoms with Crippen molar-refractivity contribution in [3.63, 3.8) is 0 Å². The van der Waals surface area contributed by atoms with Gasteiger partial charge in [-0.05, 0) is 31.1 Å². The van der Waals surface area contributed by atoms with Gasteiger partial charge >= 0.3 is 0 Å². The van der Waals surface area contributed by atoms with Gasteiger partial charge in [0.15, 0.2) is 0 Å². The first kappa shape index (κ1) is 15.3. The maximum absolute atomic E-state index is 5.50. The molecule has 0 amide bonds. The van der Waals surface area contributed by atoms with Gasteiger partial charge in [0.1, 0.15) is 12.5 Å². The van der Waals surface area contributed by atoms with Gasteiger partial charge in [-0.15, -0.1) is 0 Å². The molecule has 0 bridgehead atoms. The van der Waals surface area contributed by atoms with E-state index in [0.717, 1.165) is 31.8 Å². The van der Waals surface area contributed by atoms with Crippen LogP contribution < -0.4 is 4.74 Å².